The largest absolute Gasteiger partial charge is 0.457 e. The van der Waals surface area contributed by atoms with Crippen LogP contribution >= 0.6 is 0 Å². The molecule has 0 amide bonds. The summed E-state index contributed by atoms with van der Waals surface area (Å²) in [5.74, 6) is 1.77. The lowest BCUT2D eigenvalue weighted by molar-refractivity contribution is 0.434. The van der Waals surface area contributed by atoms with Crippen molar-refractivity contribution in [3.63, 3.8) is 0 Å². The molecule has 55 heavy (non-hydrogen) atoms. The van der Waals surface area contributed by atoms with E-state index in [9.17, 15) is 0 Å². The van der Waals surface area contributed by atoms with Gasteiger partial charge in [0.1, 0.15) is 11.5 Å². The fourth-order valence-corrected chi connectivity index (χ4v) is 10.4. The Bertz CT molecular complexity index is 2970. The molecule has 0 bridgehead atoms. The summed E-state index contributed by atoms with van der Waals surface area (Å²) in [4.78, 5) is 0. The Labute approximate surface area is 320 Å². The molecule has 2 aliphatic carbocycles. The lowest BCUT2D eigenvalue weighted by atomic mass is 9.63. The van der Waals surface area contributed by atoms with E-state index in [0.29, 0.717) is 0 Å². The highest BCUT2D eigenvalue weighted by atomic mass is 16.5. The van der Waals surface area contributed by atoms with Crippen molar-refractivity contribution in [2.24, 2.45) is 0 Å². The monoisotopic (exact) mass is 698 g/mol. The number of fused-ring (bicyclic) bond motifs is 13. The van der Waals surface area contributed by atoms with Crippen molar-refractivity contribution in [1.29, 1.82) is 0 Å². The average molecular weight is 699 g/mol. The van der Waals surface area contributed by atoms with Gasteiger partial charge < -0.3 is 4.74 Å². The average Bonchev–Trinajstić information content (AvgIpc) is 3.71. The summed E-state index contributed by atoms with van der Waals surface area (Å²) in [5, 5.41) is 2.54. The quantitative estimate of drug-likeness (QED) is 0.178. The fourth-order valence-electron chi connectivity index (χ4n) is 10.4. The standard InChI is InChI=1S/C54H34O/c1-3-17-39(18-4-1)53(40-19-5-2-6-20-40)47-25-13-14-26-51(47)55-52-30-28-38(34-50(52)53)37-27-29-43-41-21-9-11-23-45(41)54(48(43)33-37)46-24-12-10-22-42(46)44-31-35-15-7-8-16-36(35)32-49(44)54/h1-34H. The van der Waals surface area contributed by atoms with E-state index in [1.807, 2.05) is 0 Å². The van der Waals surface area contributed by atoms with Gasteiger partial charge in [0.2, 0.25) is 0 Å². The molecule has 0 saturated carbocycles. The van der Waals surface area contributed by atoms with Gasteiger partial charge in [-0.1, -0.05) is 170 Å². The highest BCUT2D eigenvalue weighted by molar-refractivity contribution is 6.00. The SMILES string of the molecule is c1ccc(C2(c3ccccc3)c3ccccc3Oc3ccc(-c4ccc5c(c4)C4(c6ccccc6-5)c5ccccc5-c5cc6ccccc6cc54)cc32)cc1. The van der Waals surface area contributed by atoms with Crippen LogP contribution in [-0.2, 0) is 10.8 Å². The molecular weight excluding hydrogens is 665 g/mol. The normalized spacial score (nSPS) is 16.4. The van der Waals surface area contributed by atoms with Crippen LogP contribution in [-0.4, -0.2) is 0 Å². The van der Waals surface area contributed by atoms with Crippen molar-refractivity contribution >= 4 is 10.8 Å². The van der Waals surface area contributed by atoms with E-state index in [-0.39, 0.29) is 0 Å². The third-order valence-electron chi connectivity index (χ3n) is 12.6. The molecule has 12 rings (SSSR count). The Kier molecular flexibility index (Phi) is 6.25. The summed E-state index contributed by atoms with van der Waals surface area (Å²) >= 11 is 0. The predicted octanol–water partition coefficient (Wildman–Crippen LogP) is 13.3. The molecule has 256 valence electrons. The second kappa shape index (κ2) is 11.3. The molecule has 1 unspecified atom stereocenters. The predicted molar refractivity (Wildman–Crippen MR) is 224 cm³/mol. The molecule has 3 aliphatic rings. The zero-order valence-electron chi connectivity index (χ0n) is 30.0. The molecule has 0 aromatic heterocycles. The minimum atomic E-state index is -0.582. The van der Waals surface area contributed by atoms with Crippen molar-refractivity contribution in [3.8, 4) is 44.9 Å². The first-order chi connectivity index (χ1) is 27.3. The van der Waals surface area contributed by atoms with Gasteiger partial charge in [-0.3, -0.25) is 0 Å². The van der Waals surface area contributed by atoms with Crippen LogP contribution in [0.25, 0.3) is 44.2 Å². The third kappa shape index (κ3) is 3.97. The van der Waals surface area contributed by atoms with Crippen LogP contribution < -0.4 is 4.74 Å². The van der Waals surface area contributed by atoms with Crippen LogP contribution in [0.1, 0.15) is 44.5 Å². The minimum Gasteiger partial charge on any atom is -0.457 e. The van der Waals surface area contributed by atoms with Gasteiger partial charge in [0, 0.05) is 11.1 Å². The molecule has 1 heteroatoms. The zero-order valence-corrected chi connectivity index (χ0v) is 30.0. The van der Waals surface area contributed by atoms with Crippen LogP contribution in [0.5, 0.6) is 11.5 Å². The number of benzene rings is 9. The second-order valence-corrected chi connectivity index (χ2v) is 15.1. The number of para-hydroxylation sites is 1. The van der Waals surface area contributed by atoms with Crippen molar-refractivity contribution in [3.05, 3.63) is 251 Å². The molecule has 0 N–H and O–H groups in total. The van der Waals surface area contributed by atoms with E-state index in [1.165, 1.54) is 72.0 Å². The topological polar surface area (TPSA) is 9.23 Å². The van der Waals surface area contributed by atoms with E-state index in [0.717, 1.165) is 28.2 Å². The van der Waals surface area contributed by atoms with Gasteiger partial charge in [-0.2, -0.15) is 0 Å². The van der Waals surface area contributed by atoms with Crippen LogP contribution in [0, 0.1) is 0 Å². The first-order valence-corrected chi connectivity index (χ1v) is 19.2. The fraction of sp³-hybridized carbons (Fsp3) is 0.0370. The zero-order chi connectivity index (χ0) is 36.1. The van der Waals surface area contributed by atoms with Gasteiger partial charge in [-0.05, 0) is 114 Å². The maximum absolute atomic E-state index is 6.77. The van der Waals surface area contributed by atoms with Gasteiger partial charge >= 0.3 is 0 Å². The van der Waals surface area contributed by atoms with Gasteiger partial charge in [0.15, 0.2) is 0 Å². The number of hydrogen-bond acceptors (Lipinski definition) is 1. The summed E-state index contributed by atoms with van der Waals surface area (Å²) in [6.45, 7) is 0. The molecular formula is C54H34O. The summed E-state index contributed by atoms with van der Waals surface area (Å²) in [6, 6.07) is 76.2. The van der Waals surface area contributed by atoms with Gasteiger partial charge in [0.25, 0.3) is 0 Å². The first kappa shape index (κ1) is 30.5. The molecule has 1 aliphatic heterocycles. The maximum atomic E-state index is 6.77. The molecule has 0 fully saturated rings. The minimum absolute atomic E-state index is 0.439. The molecule has 9 aromatic rings. The summed E-state index contributed by atoms with van der Waals surface area (Å²) < 4.78 is 6.77. The molecule has 1 nitrogen and oxygen atoms in total. The van der Waals surface area contributed by atoms with Crippen molar-refractivity contribution < 1.29 is 4.74 Å². The summed E-state index contributed by atoms with van der Waals surface area (Å²) in [7, 11) is 0. The molecule has 0 saturated heterocycles. The third-order valence-corrected chi connectivity index (χ3v) is 12.6. The highest BCUT2D eigenvalue weighted by Gasteiger charge is 2.52. The molecule has 9 aromatic carbocycles. The maximum Gasteiger partial charge on any atom is 0.132 e. The van der Waals surface area contributed by atoms with Crippen LogP contribution in [0.2, 0.25) is 0 Å². The van der Waals surface area contributed by atoms with E-state index >= 15 is 0 Å². The molecule has 1 atom stereocenters. The van der Waals surface area contributed by atoms with Crippen molar-refractivity contribution in [2.45, 2.75) is 10.8 Å². The Balaban J connectivity index is 1.13. The Hall–Kier alpha value is -6.96. The Morgan fingerprint density at radius 2 is 0.745 bits per heavy atom. The van der Waals surface area contributed by atoms with E-state index in [1.54, 1.807) is 0 Å². The smallest absolute Gasteiger partial charge is 0.132 e. The lowest BCUT2D eigenvalue weighted by Crippen LogP contribution is -2.34. The van der Waals surface area contributed by atoms with E-state index in [4.69, 9.17) is 4.74 Å². The molecule has 1 spiro atoms. The van der Waals surface area contributed by atoms with Crippen molar-refractivity contribution in [2.75, 3.05) is 0 Å². The van der Waals surface area contributed by atoms with E-state index < -0.39 is 10.8 Å². The lowest BCUT2D eigenvalue weighted by Gasteiger charge is -2.41. The van der Waals surface area contributed by atoms with Gasteiger partial charge in [-0.15, -0.1) is 0 Å². The Morgan fingerprint density at radius 1 is 0.273 bits per heavy atom. The van der Waals surface area contributed by atoms with Gasteiger partial charge in [0.05, 0.1) is 10.8 Å². The summed E-state index contributed by atoms with van der Waals surface area (Å²) in [5.41, 5.74) is 16.7. The van der Waals surface area contributed by atoms with Crippen LogP contribution in [0.3, 0.4) is 0 Å². The number of hydrogen-bond donors (Lipinski definition) is 0. The first-order valence-electron chi connectivity index (χ1n) is 19.2. The Morgan fingerprint density at radius 3 is 1.44 bits per heavy atom. The van der Waals surface area contributed by atoms with Crippen LogP contribution in [0.4, 0.5) is 0 Å². The highest BCUT2D eigenvalue weighted by Crippen LogP contribution is 2.64. The summed E-state index contributed by atoms with van der Waals surface area (Å²) in [6.07, 6.45) is 0. The number of rotatable bonds is 3. The second-order valence-electron chi connectivity index (χ2n) is 15.1. The van der Waals surface area contributed by atoms with Gasteiger partial charge in [-0.25, -0.2) is 0 Å². The van der Waals surface area contributed by atoms with E-state index in [2.05, 4.69) is 206 Å². The van der Waals surface area contributed by atoms with Crippen LogP contribution in [0.15, 0.2) is 206 Å². The number of ether oxygens (including phenoxy) is 1. The molecule has 1 heterocycles. The van der Waals surface area contributed by atoms with Crippen molar-refractivity contribution in [1.82, 2.24) is 0 Å². The molecule has 0 radical (unpaired) electrons.